The third-order valence-corrected chi connectivity index (χ3v) is 7.16. The van der Waals surface area contributed by atoms with Gasteiger partial charge in [0.05, 0.1) is 5.71 Å². The van der Waals surface area contributed by atoms with E-state index in [1.807, 2.05) is 19.1 Å². The molecule has 2 aromatic heterocycles. The normalized spacial score (nSPS) is 23.4. The van der Waals surface area contributed by atoms with E-state index >= 15 is 0 Å². The highest BCUT2D eigenvalue weighted by molar-refractivity contribution is 7.15. The van der Waals surface area contributed by atoms with Crippen molar-refractivity contribution in [2.45, 2.75) is 39.7 Å². The van der Waals surface area contributed by atoms with Crippen LogP contribution in [-0.2, 0) is 5.54 Å². The first-order valence-corrected chi connectivity index (χ1v) is 10.0. The van der Waals surface area contributed by atoms with Crippen molar-refractivity contribution in [3.05, 3.63) is 62.5 Å². The molecule has 1 aliphatic carbocycles. The molecule has 2 atom stereocenters. The zero-order valence-corrected chi connectivity index (χ0v) is 16.7. The molecule has 5 rings (SSSR count). The molecule has 26 heavy (non-hydrogen) atoms. The molecule has 1 saturated carbocycles. The number of thiophene rings is 1. The number of aromatic nitrogens is 3. The van der Waals surface area contributed by atoms with Crippen LogP contribution in [0.3, 0.4) is 0 Å². The molecule has 1 spiro atoms. The van der Waals surface area contributed by atoms with Gasteiger partial charge in [0.1, 0.15) is 16.4 Å². The molecule has 0 radical (unpaired) electrons. The smallest absolute Gasteiger partial charge is 0.166 e. The summed E-state index contributed by atoms with van der Waals surface area (Å²) in [6, 6.07) is 8.01. The van der Waals surface area contributed by atoms with Gasteiger partial charge < -0.3 is 0 Å². The van der Waals surface area contributed by atoms with Crippen LogP contribution in [0.5, 0.6) is 0 Å². The van der Waals surface area contributed by atoms with Crippen molar-refractivity contribution in [2.75, 3.05) is 0 Å². The van der Waals surface area contributed by atoms with Crippen molar-refractivity contribution in [3.8, 4) is 5.00 Å². The Bertz CT molecular complexity index is 1080. The number of hydrogen-bond acceptors (Lipinski definition) is 4. The van der Waals surface area contributed by atoms with E-state index in [1.54, 1.807) is 11.3 Å². The van der Waals surface area contributed by atoms with E-state index in [2.05, 4.69) is 47.7 Å². The molecule has 0 saturated heterocycles. The number of aryl methyl sites for hydroxylation is 2. The number of nitrogens with zero attached hydrogens (tertiary/aromatic N) is 4. The highest BCUT2D eigenvalue weighted by atomic mass is 35.5. The minimum atomic E-state index is -0.269. The molecule has 3 aromatic rings. The fourth-order valence-electron chi connectivity index (χ4n) is 3.93. The Hall–Kier alpha value is -1.98. The molecule has 0 bridgehead atoms. The lowest BCUT2D eigenvalue weighted by molar-refractivity contribution is 0.607. The van der Waals surface area contributed by atoms with Crippen molar-refractivity contribution in [1.29, 1.82) is 0 Å². The highest BCUT2D eigenvalue weighted by Gasteiger charge is 2.58. The van der Waals surface area contributed by atoms with Gasteiger partial charge in [0, 0.05) is 21.0 Å². The van der Waals surface area contributed by atoms with Gasteiger partial charge in [0.25, 0.3) is 0 Å². The molecule has 1 aliphatic heterocycles. The molecule has 6 heteroatoms. The Morgan fingerprint density at radius 2 is 1.85 bits per heavy atom. The van der Waals surface area contributed by atoms with Gasteiger partial charge in [-0.1, -0.05) is 30.7 Å². The van der Waals surface area contributed by atoms with Crippen LogP contribution in [0.25, 0.3) is 5.00 Å². The fourth-order valence-corrected chi connectivity index (χ4v) is 5.26. The summed E-state index contributed by atoms with van der Waals surface area (Å²) in [5.74, 6) is 2.37. The van der Waals surface area contributed by atoms with Crippen molar-refractivity contribution < 1.29 is 0 Å². The Morgan fingerprint density at radius 3 is 2.50 bits per heavy atom. The zero-order valence-electron chi connectivity index (χ0n) is 15.2. The van der Waals surface area contributed by atoms with Crippen LogP contribution in [-0.4, -0.2) is 20.5 Å². The molecule has 1 fully saturated rings. The summed E-state index contributed by atoms with van der Waals surface area (Å²) in [4.78, 5) is 6.63. The Morgan fingerprint density at radius 1 is 1.15 bits per heavy atom. The third-order valence-electron chi connectivity index (χ3n) is 5.72. The minimum absolute atomic E-state index is 0.269. The summed E-state index contributed by atoms with van der Waals surface area (Å²) in [6.45, 7) is 8.63. The summed E-state index contributed by atoms with van der Waals surface area (Å²) in [7, 11) is 0. The number of halogens is 1. The average Bonchev–Trinajstić information content (AvgIpc) is 2.98. The largest absolute Gasteiger partial charge is 0.271 e. The lowest BCUT2D eigenvalue weighted by Crippen LogP contribution is -2.14. The van der Waals surface area contributed by atoms with E-state index in [1.165, 1.54) is 21.0 Å². The summed E-state index contributed by atoms with van der Waals surface area (Å²) in [6.07, 6.45) is 1.01. The molecule has 0 N–H and O–H groups in total. The molecule has 4 nitrogen and oxygen atoms in total. The van der Waals surface area contributed by atoms with E-state index < -0.39 is 0 Å². The van der Waals surface area contributed by atoms with Crippen LogP contribution in [0.4, 0.5) is 0 Å². The number of hydrogen-bond donors (Lipinski definition) is 0. The van der Waals surface area contributed by atoms with Gasteiger partial charge in [0.15, 0.2) is 5.82 Å². The predicted molar refractivity (Wildman–Crippen MR) is 106 cm³/mol. The molecule has 1 aromatic carbocycles. The minimum Gasteiger partial charge on any atom is -0.271 e. The van der Waals surface area contributed by atoms with Gasteiger partial charge in [-0.15, -0.1) is 21.5 Å². The summed E-state index contributed by atoms with van der Waals surface area (Å²) < 4.78 is 2.23. The van der Waals surface area contributed by atoms with Crippen LogP contribution >= 0.6 is 22.9 Å². The van der Waals surface area contributed by atoms with Crippen LogP contribution in [0, 0.1) is 26.7 Å². The second kappa shape index (κ2) is 5.27. The van der Waals surface area contributed by atoms with Crippen molar-refractivity contribution >= 4 is 28.6 Å². The van der Waals surface area contributed by atoms with Crippen molar-refractivity contribution in [1.82, 2.24) is 14.8 Å². The van der Waals surface area contributed by atoms with Crippen molar-refractivity contribution in [2.24, 2.45) is 10.9 Å². The van der Waals surface area contributed by atoms with Gasteiger partial charge in [0.2, 0.25) is 0 Å². The molecule has 2 aliphatic rings. The lowest BCUT2D eigenvalue weighted by atomic mass is 9.99. The number of fused-ring (bicyclic) bond motifs is 4. The molecular weight excluding hydrogens is 364 g/mol. The summed E-state index contributed by atoms with van der Waals surface area (Å²) >= 11 is 7.93. The van der Waals surface area contributed by atoms with E-state index in [0.29, 0.717) is 5.92 Å². The number of benzene rings is 1. The summed E-state index contributed by atoms with van der Waals surface area (Å²) in [5.41, 5.74) is 4.37. The molecular formula is C20H19ClN4S. The molecule has 0 amide bonds. The predicted octanol–water partition coefficient (Wildman–Crippen LogP) is 4.99. The Balaban J connectivity index is 1.87. The van der Waals surface area contributed by atoms with Crippen molar-refractivity contribution in [3.63, 3.8) is 0 Å². The first kappa shape index (κ1) is 16.2. The Labute approximate surface area is 161 Å². The second-order valence-electron chi connectivity index (χ2n) is 7.37. The topological polar surface area (TPSA) is 43.1 Å². The first-order valence-electron chi connectivity index (χ1n) is 8.81. The second-order valence-corrected chi connectivity index (χ2v) is 9.01. The van der Waals surface area contributed by atoms with Gasteiger partial charge in [-0.25, -0.2) is 0 Å². The quantitative estimate of drug-likeness (QED) is 0.594. The van der Waals surface area contributed by atoms with Crippen LogP contribution in [0.15, 0.2) is 29.3 Å². The van der Waals surface area contributed by atoms with Gasteiger partial charge in [-0.05, 0) is 50.8 Å². The van der Waals surface area contributed by atoms with Gasteiger partial charge in [-0.3, -0.25) is 9.56 Å². The Kier molecular flexibility index (Phi) is 3.29. The van der Waals surface area contributed by atoms with Crippen LogP contribution < -0.4 is 0 Å². The van der Waals surface area contributed by atoms with Crippen LogP contribution in [0.2, 0.25) is 5.02 Å². The number of rotatable bonds is 1. The monoisotopic (exact) mass is 382 g/mol. The molecule has 0 unspecified atom stereocenters. The lowest BCUT2D eigenvalue weighted by Gasteiger charge is -2.12. The molecule has 132 valence electrons. The van der Waals surface area contributed by atoms with Gasteiger partial charge >= 0.3 is 0 Å². The highest BCUT2D eigenvalue weighted by Crippen LogP contribution is 2.57. The average molecular weight is 383 g/mol. The SMILES string of the molecule is Cc1sc2c(c1C)C(c1ccc(Cl)cc1)=N[C@@]1(C[C@@H]1C)c1nnc(C)n1-2. The molecule has 3 heterocycles. The standard InChI is InChI=1S/C20H19ClN4S/c1-10-9-20(10)19-24-23-13(4)25(19)18-16(11(2)12(3)26-18)17(22-20)14-5-7-15(21)8-6-14/h5-8,10H,9H2,1-4H3/t10-,20+/m0/s1. The van der Waals surface area contributed by atoms with E-state index in [-0.39, 0.29) is 5.54 Å². The van der Waals surface area contributed by atoms with E-state index in [9.17, 15) is 0 Å². The zero-order chi connectivity index (χ0) is 18.2. The van der Waals surface area contributed by atoms with E-state index in [0.717, 1.165) is 34.4 Å². The maximum atomic E-state index is 6.13. The number of aliphatic imine (C=N–C) groups is 1. The maximum Gasteiger partial charge on any atom is 0.166 e. The summed E-state index contributed by atoms with van der Waals surface area (Å²) in [5, 5.41) is 10.9. The third kappa shape index (κ3) is 2.04. The van der Waals surface area contributed by atoms with E-state index in [4.69, 9.17) is 16.6 Å². The van der Waals surface area contributed by atoms with Crippen LogP contribution in [0.1, 0.15) is 46.6 Å². The maximum absolute atomic E-state index is 6.13. The fraction of sp³-hybridized carbons (Fsp3) is 0.350. The first-order chi connectivity index (χ1) is 12.4. The van der Waals surface area contributed by atoms with Gasteiger partial charge in [-0.2, -0.15) is 0 Å².